The molecule has 0 saturated heterocycles. The number of hydrogen-bond donors (Lipinski definition) is 2. The molecule has 1 fully saturated rings. The van der Waals surface area contributed by atoms with Crippen molar-refractivity contribution in [2.75, 3.05) is 18.0 Å². The number of fused-ring (bicyclic) bond motifs is 1. The predicted octanol–water partition coefficient (Wildman–Crippen LogP) is 6.83. The fraction of sp³-hybridized carbons (Fsp3) is 0.414. The summed E-state index contributed by atoms with van der Waals surface area (Å²) in [6, 6.07) is 10.9. The molecular formula is C29H36ClNO4. The first-order chi connectivity index (χ1) is 16.9. The van der Waals surface area contributed by atoms with E-state index in [0.29, 0.717) is 29.8 Å². The van der Waals surface area contributed by atoms with E-state index in [2.05, 4.69) is 18.4 Å². The molecule has 1 heterocycles. The Hall–Kier alpha value is -2.76. The van der Waals surface area contributed by atoms with Crippen molar-refractivity contribution in [2.24, 2.45) is 11.8 Å². The molecular weight excluding hydrogens is 462 g/mol. The third kappa shape index (κ3) is 6.09. The highest BCUT2D eigenvalue weighted by molar-refractivity contribution is 6.30. The molecule has 0 aromatic heterocycles. The van der Waals surface area contributed by atoms with Gasteiger partial charge in [-0.15, -0.1) is 6.58 Å². The van der Waals surface area contributed by atoms with Crippen LogP contribution in [0.5, 0.6) is 5.75 Å². The summed E-state index contributed by atoms with van der Waals surface area (Å²) in [4.78, 5) is 13.8. The van der Waals surface area contributed by atoms with Gasteiger partial charge >= 0.3 is 5.97 Å². The van der Waals surface area contributed by atoms with Crippen LogP contribution in [0.15, 0.2) is 55.3 Å². The number of ether oxygens (including phenoxy) is 1. The van der Waals surface area contributed by atoms with Crippen molar-refractivity contribution >= 4 is 28.8 Å². The third-order valence-corrected chi connectivity index (χ3v) is 7.01. The standard InChI is InChI=1S/C27H30ClNO4.C2H6/c1-3-5-17-12-21(28)8-10-22(17)20-15-29(14-19-6-9-23(19)25(30)4-2)24-13-18(27(31)32)7-11-26(24)33-16-20;1-2/h4,7-8,10-13,16,19,23,25,30H,2-3,5-6,9,14-15H2,1H3,(H,31,32);1-2H3. The van der Waals surface area contributed by atoms with Crippen molar-refractivity contribution in [2.45, 2.75) is 52.6 Å². The van der Waals surface area contributed by atoms with Crippen LogP contribution in [0.3, 0.4) is 0 Å². The zero-order chi connectivity index (χ0) is 25.5. The Kier molecular flexibility index (Phi) is 9.41. The fourth-order valence-corrected chi connectivity index (χ4v) is 5.05. The minimum Gasteiger partial charge on any atom is -0.478 e. The number of hydrogen-bond acceptors (Lipinski definition) is 4. The average Bonchev–Trinajstić information content (AvgIpc) is 3.02. The zero-order valence-electron chi connectivity index (χ0n) is 20.8. The topological polar surface area (TPSA) is 70.0 Å². The van der Waals surface area contributed by atoms with Crippen LogP contribution in [0.25, 0.3) is 5.57 Å². The van der Waals surface area contributed by atoms with E-state index in [0.717, 1.165) is 42.5 Å². The third-order valence-electron chi connectivity index (χ3n) is 6.78. The van der Waals surface area contributed by atoms with Gasteiger partial charge in [-0.2, -0.15) is 0 Å². The molecule has 2 N–H and O–H groups in total. The summed E-state index contributed by atoms with van der Waals surface area (Å²) in [5.41, 5.74) is 4.25. The molecule has 0 amide bonds. The molecule has 3 unspecified atom stereocenters. The number of aryl methyl sites for hydroxylation is 1. The quantitative estimate of drug-likeness (QED) is 0.391. The number of carbonyl (C=O) groups is 1. The summed E-state index contributed by atoms with van der Waals surface area (Å²) in [5.74, 6) is 0.110. The smallest absolute Gasteiger partial charge is 0.335 e. The van der Waals surface area contributed by atoms with Crippen molar-refractivity contribution in [1.82, 2.24) is 0 Å². The number of benzene rings is 2. The number of nitrogens with zero attached hydrogens (tertiary/aromatic N) is 1. The van der Waals surface area contributed by atoms with Crippen molar-refractivity contribution in [3.8, 4) is 5.75 Å². The lowest BCUT2D eigenvalue weighted by atomic mass is 9.70. The minimum absolute atomic E-state index is 0.163. The van der Waals surface area contributed by atoms with Crippen LogP contribution >= 0.6 is 11.6 Å². The van der Waals surface area contributed by atoms with Gasteiger partial charge in [-0.3, -0.25) is 0 Å². The van der Waals surface area contributed by atoms with E-state index in [1.165, 1.54) is 5.56 Å². The number of aliphatic hydroxyl groups excluding tert-OH is 1. The van der Waals surface area contributed by atoms with Crippen molar-refractivity contribution < 1.29 is 19.7 Å². The maximum absolute atomic E-state index is 11.7. The van der Waals surface area contributed by atoms with Crippen LogP contribution in [0.4, 0.5) is 5.69 Å². The molecule has 2 aromatic carbocycles. The van der Waals surface area contributed by atoms with Gasteiger partial charge in [0.1, 0.15) is 5.75 Å². The van der Waals surface area contributed by atoms with Crippen LogP contribution in [0.1, 0.15) is 61.5 Å². The largest absolute Gasteiger partial charge is 0.478 e. The Balaban J connectivity index is 0.00000167. The van der Waals surface area contributed by atoms with Crippen molar-refractivity contribution in [3.05, 3.63) is 77.0 Å². The summed E-state index contributed by atoms with van der Waals surface area (Å²) < 4.78 is 6.08. The molecule has 1 aliphatic heterocycles. The lowest BCUT2D eigenvalue weighted by Crippen LogP contribution is -2.43. The molecule has 0 radical (unpaired) electrons. The van der Waals surface area contributed by atoms with E-state index in [1.54, 1.807) is 30.5 Å². The van der Waals surface area contributed by atoms with E-state index in [1.807, 2.05) is 32.0 Å². The second-order valence-electron chi connectivity index (χ2n) is 8.91. The molecule has 2 aromatic rings. The Morgan fingerprint density at radius 3 is 2.66 bits per heavy atom. The lowest BCUT2D eigenvalue weighted by molar-refractivity contribution is 0.0468. The number of aliphatic hydroxyl groups is 1. The van der Waals surface area contributed by atoms with Gasteiger partial charge in [0.05, 0.1) is 23.6 Å². The van der Waals surface area contributed by atoms with E-state index in [4.69, 9.17) is 16.3 Å². The second-order valence-corrected chi connectivity index (χ2v) is 9.34. The van der Waals surface area contributed by atoms with Gasteiger partial charge in [-0.1, -0.05) is 50.9 Å². The number of anilines is 1. The minimum atomic E-state index is -0.971. The normalized spacial score (nSPS) is 19.6. The number of rotatable bonds is 8. The summed E-state index contributed by atoms with van der Waals surface area (Å²) in [6.07, 6.45) is 6.73. The lowest BCUT2D eigenvalue weighted by Gasteiger charge is -2.42. The molecule has 6 heteroatoms. The molecule has 3 atom stereocenters. The van der Waals surface area contributed by atoms with Crippen LogP contribution in [0, 0.1) is 11.8 Å². The SMILES string of the molecule is C=CC(O)C1CCC1CN1CC(c2ccc(Cl)cc2CCC)=COc2ccc(C(=O)O)cc21.CC. The van der Waals surface area contributed by atoms with E-state index in [9.17, 15) is 15.0 Å². The summed E-state index contributed by atoms with van der Waals surface area (Å²) >= 11 is 6.28. The molecule has 5 nitrogen and oxygen atoms in total. The van der Waals surface area contributed by atoms with Gasteiger partial charge < -0.3 is 19.8 Å². The van der Waals surface area contributed by atoms with Crippen LogP contribution in [-0.4, -0.2) is 35.4 Å². The number of carboxylic acids is 1. The van der Waals surface area contributed by atoms with Gasteiger partial charge in [-0.25, -0.2) is 4.79 Å². The maximum Gasteiger partial charge on any atom is 0.335 e. The molecule has 0 spiro atoms. The Bertz CT molecular complexity index is 1080. The van der Waals surface area contributed by atoms with E-state index in [-0.39, 0.29) is 11.5 Å². The maximum atomic E-state index is 11.7. The molecule has 2 aliphatic rings. The van der Waals surface area contributed by atoms with E-state index < -0.39 is 12.1 Å². The Morgan fingerprint density at radius 2 is 2.03 bits per heavy atom. The van der Waals surface area contributed by atoms with Gasteiger partial charge in [-0.05, 0) is 72.6 Å². The highest BCUT2D eigenvalue weighted by Crippen LogP contribution is 2.42. The van der Waals surface area contributed by atoms with Crippen LogP contribution < -0.4 is 9.64 Å². The van der Waals surface area contributed by atoms with Crippen LogP contribution in [-0.2, 0) is 6.42 Å². The predicted molar refractivity (Wildman–Crippen MR) is 143 cm³/mol. The summed E-state index contributed by atoms with van der Waals surface area (Å²) in [6.45, 7) is 11.2. The molecule has 0 bridgehead atoms. The van der Waals surface area contributed by atoms with Gasteiger partial charge in [0.15, 0.2) is 0 Å². The van der Waals surface area contributed by atoms with Gasteiger partial charge in [0.25, 0.3) is 0 Å². The number of halogens is 1. The Labute approximate surface area is 213 Å². The first-order valence-corrected chi connectivity index (χ1v) is 12.9. The molecule has 1 aliphatic carbocycles. The first kappa shape index (κ1) is 26.8. The van der Waals surface area contributed by atoms with E-state index >= 15 is 0 Å². The van der Waals surface area contributed by atoms with Gasteiger partial charge in [0.2, 0.25) is 0 Å². The zero-order valence-corrected chi connectivity index (χ0v) is 21.6. The second kappa shape index (κ2) is 12.3. The molecule has 1 saturated carbocycles. The molecule has 35 heavy (non-hydrogen) atoms. The first-order valence-electron chi connectivity index (χ1n) is 12.5. The molecule has 4 rings (SSSR count). The summed E-state index contributed by atoms with van der Waals surface area (Å²) in [7, 11) is 0. The number of carboxylic acid groups (broad SMARTS) is 1. The molecule has 188 valence electrons. The fourth-order valence-electron chi connectivity index (χ4n) is 4.85. The van der Waals surface area contributed by atoms with Gasteiger partial charge in [0, 0.05) is 23.7 Å². The van der Waals surface area contributed by atoms with Crippen LogP contribution in [0.2, 0.25) is 5.02 Å². The highest BCUT2D eigenvalue weighted by Gasteiger charge is 2.37. The average molecular weight is 498 g/mol. The monoisotopic (exact) mass is 497 g/mol. The summed E-state index contributed by atoms with van der Waals surface area (Å²) in [5, 5.41) is 20.6. The highest BCUT2D eigenvalue weighted by atomic mass is 35.5. The number of aromatic carboxylic acids is 1. The Morgan fingerprint density at radius 1 is 1.26 bits per heavy atom. The van der Waals surface area contributed by atoms with Crippen molar-refractivity contribution in [1.29, 1.82) is 0 Å². The van der Waals surface area contributed by atoms with Crippen molar-refractivity contribution in [3.63, 3.8) is 0 Å².